The van der Waals surface area contributed by atoms with E-state index in [9.17, 15) is 5.11 Å². The van der Waals surface area contributed by atoms with Crippen molar-refractivity contribution in [3.8, 4) is 11.5 Å². The van der Waals surface area contributed by atoms with E-state index in [1.54, 1.807) is 20.2 Å². The Bertz CT molecular complexity index is 824. The zero-order chi connectivity index (χ0) is 21.3. The van der Waals surface area contributed by atoms with Gasteiger partial charge in [0.25, 0.3) is 0 Å². The van der Waals surface area contributed by atoms with Gasteiger partial charge < -0.3 is 20.5 Å². The third-order valence-corrected chi connectivity index (χ3v) is 5.90. The molecule has 0 aromatic heterocycles. The normalized spacial score (nSPS) is 16.3. The molecule has 7 heteroatoms. The van der Waals surface area contributed by atoms with Crippen LogP contribution in [0.2, 0.25) is 0 Å². The Balaban J connectivity index is 0.00000341. The summed E-state index contributed by atoms with van der Waals surface area (Å²) in [4.78, 5) is 6.91. The summed E-state index contributed by atoms with van der Waals surface area (Å²) in [5.41, 5.74) is 2.27. The molecule has 3 N–H and O–H groups in total. The van der Waals surface area contributed by atoms with Crippen LogP contribution in [0.5, 0.6) is 11.5 Å². The average molecular weight is 538 g/mol. The van der Waals surface area contributed by atoms with Gasteiger partial charge in [-0.25, -0.2) is 0 Å². The Morgan fingerprint density at radius 3 is 2.52 bits per heavy atom. The van der Waals surface area contributed by atoms with Crippen molar-refractivity contribution in [3.05, 3.63) is 59.7 Å². The molecule has 31 heavy (non-hydrogen) atoms. The molecule has 0 saturated carbocycles. The highest BCUT2D eigenvalue weighted by Crippen LogP contribution is 2.24. The average Bonchev–Trinajstić information content (AvgIpc) is 2.79. The fourth-order valence-corrected chi connectivity index (χ4v) is 3.96. The van der Waals surface area contributed by atoms with Gasteiger partial charge in [0.05, 0.1) is 7.11 Å². The number of nitrogens with one attached hydrogen (secondary N) is 2. The Morgan fingerprint density at radius 1 is 1.19 bits per heavy atom. The molecule has 1 unspecified atom stereocenters. The highest BCUT2D eigenvalue weighted by molar-refractivity contribution is 14.0. The molecule has 1 aliphatic heterocycles. The van der Waals surface area contributed by atoms with Crippen molar-refractivity contribution in [2.75, 3.05) is 33.8 Å². The number of piperidine rings is 1. The minimum absolute atomic E-state index is 0. The van der Waals surface area contributed by atoms with Gasteiger partial charge in [0, 0.05) is 44.8 Å². The number of phenolic OH excluding ortho intramolecular Hbond substituents is 1. The first kappa shape index (κ1) is 25.3. The minimum atomic E-state index is 0. The second-order valence-corrected chi connectivity index (χ2v) is 7.78. The number of hydrogen-bond acceptors (Lipinski definition) is 4. The van der Waals surface area contributed by atoms with Crippen molar-refractivity contribution < 1.29 is 9.84 Å². The van der Waals surface area contributed by atoms with E-state index in [0.717, 1.165) is 37.5 Å². The van der Waals surface area contributed by atoms with Crippen LogP contribution in [0.1, 0.15) is 36.9 Å². The third-order valence-electron chi connectivity index (χ3n) is 5.90. The molecule has 3 rings (SSSR count). The van der Waals surface area contributed by atoms with Gasteiger partial charge in [-0.2, -0.15) is 0 Å². The van der Waals surface area contributed by atoms with Crippen LogP contribution in [0.15, 0.2) is 53.5 Å². The van der Waals surface area contributed by atoms with Crippen molar-refractivity contribution >= 4 is 29.9 Å². The SMILES string of the molecule is CN=C(NCCc1ccc(OC)cc1O)NC1CCN(C(C)c2ccccc2)CC1.I. The molecular weight excluding hydrogens is 503 g/mol. The van der Waals surface area contributed by atoms with Crippen LogP contribution in [-0.2, 0) is 6.42 Å². The molecule has 1 aliphatic rings. The largest absolute Gasteiger partial charge is 0.508 e. The number of aromatic hydroxyl groups is 1. The van der Waals surface area contributed by atoms with E-state index < -0.39 is 0 Å². The van der Waals surface area contributed by atoms with Crippen molar-refractivity contribution in [1.29, 1.82) is 0 Å². The lowest BCUT2D eigenvalue weighted by atomic mass is 10.0. The van der Waals surface area contributed by atoms with Gasteiger partial charge >= 0.3 is 0 Å². The number of likely N-dealkylation sites (tertiary alicyclic amines) is 1. The van der Waals surface area contributed by atoms with Gasteiger partial charge in [0.15, 0.2) is 5.96 Å². The maximum Gasteiger partial charge on any atom is 0.191 e. The standard InChI is InChI=1S/C24H34N4O2.HI/c1-18(19-7-5-4-6-8-19)28-15-12-21(13-16-28)27-24(25-2)26-14-11-20-9-10-22(30-3)17-23(20)29;/h4-10,17-18,21,29H,11-16H2,1-3H3,(H2,25,26,27);1H. The minimum Gasteiger partial charge on any atom is -0.508 e. The van der Waals surface area contributed by atoms with E-state index in [4.69, 9.17) is 4.74 Å². The zero-order valence-corrected chi connectivity index (χ0v) is 21.0. The van der Waals surface area contributed by atoms with Gasteiger partial charge in [-0.05, 0) is 43.4 Å². The van der Waals surface area contributed by atoms with Gasteiger partial charge in [0.2, 0.25) is 0 Å². The molecule has 0 spiro atoms. The molecule has 170 valence electrons. The molecule has 0 bridgehead atoms. The number of methoxy groups -OCH3 is 1. The fraction of sp³-hybridized carbons (Fsp3) is 0.458. The van der Waals surface area contributed by atoms with E-state index in [0.29, 0.717) is 30.8 Å². The molecule has 1 fully saturated rings. The second kappa shape index (κ2) is 12.8. The lowest BCUT2D eigenvalue weighted by molar-refractivity contribution is 0.158. The van der Waals surface area contributed by atoms with E-state index in [-0.39, 0.29) is 29.7 Å². The quantitative estimate of drug-likeness (QED) is 0.283. The topological polar surface area (TPSA) is 69.1 Å². The number of phenols is 1. The predicted molar refractivity (Wildman–Crippen MR) is 138 cm³/mol. The molecular formula is C24H35IN4O2. The third kappa shape index (κ3) is 7.28. The predicted octanol–water partition coefficient (Wildman–Crippen LogP) is 3.95. The lowest BCUT2D eigenvalue weighted by Gasteiger charge is -2.37. The summed E-state index contributed by atoms with van der Waals surface area (Å²) in [5.74, 6) is 1.74. The van der Waals surface area contributed by atoms with E-state index >= 15 is 0 Å². The highest BCUT2D eigenvalue weighted by Gasteiger charge is 2.24. The fourth-order valence-electron chi connectivity index (χ4n) is 3.96. The molecule has 1 atom stereocenters. The number of ether oxygens (including phenoxy) is 1. The Kier molecular flexibility index (Phi) is 10.4. The Hall–Kier alpha value is -2.00. The summed E-state index contributed by atoms with van der Waals surface area (Å²) in [6.07, 6.45) is 2.90. The molecule has 2 aromatic rings. The number of guanidine groups is 1. The van der Waals surface area contributed by atoms with E-state index in [1.165, 1.54) is 5.56 Å². The molecule has 0 aliphatic carbocycles. The lowest BCUT2D eigenvalue weighted by Crippen LogP contribution is -2.49. The van der Waals surface area contributed by atoms with Crippen LogP contribution in [0.4, 0.5) is 0 Å². The summed E-state index contributed by atoms with van der Waals surface area (Å²) >= 11 is 0. The Morgan fingerprint density at radius 2 is 1.90 bits per heavy atom. The summed E-state index contributed by atoms with van der Waals surface area (Å²) < 4.78 is 5.13. The van der Waals surface area contributed by atoms with E-state index in [1.807, 2.05) is 12.1 Å². The van der Waals surface area contributed by atoms with Crippen LogP contribution in [0, 0.1) is 0 Å². The summed E-state index contributed by atoms with van der Waals surface area (Å²) in [7, 11) is 3.39. The molecule has 2 aromatic carbocycles. The molecule has 1 heterocycles. The maximum absolute atomic E-state index is 10.1. The molecule has 6 nitrogen and oxygen atoms in total. The van der Waals surface area contributed by atoms with Crippen molar-refractivity contribution in [2.45, 2.75) is 38.3 Å². The maximum atomic E-state index is 10.1. The second-order valence-electron chi connectivity index (χ2n) is 7.78. The number of aliphatic imine (C=N–C) groups is 1. The number of benzene rings is 2. The molecule has 0 radical (unpaired) electrons. The van der Waals surface area contributed by atoms with Crippen molar-refractivity contribution in [3.63, 3.8) is 0 Å². The summed E-state index contributed by atoms with van der Waals surface area (Å²) in [6.45, 7) is 5.14. The van der Waals surface area contributed by atoms with Crippen LogP contribution in [-0.4, -0.2) is 55.8 Å². The smallest absolute Gasteiger partial charge is 0.191 e. The first-order valence-corrected chi connectivity index (χ1v) is 10.7. The van der Waals surface area contributed by atoms with Crippen LogP contribution in [0.25, 0.3) is 0 Å². The summed E-state index contributed by atoms with van der Waals surface area (Å²) in [5, 5.41) is 17.0. The zero-order valence-electron chi connectivity index (χ0n) is 18.7. The van der Waals surface area contributed by atoms with E-state index in [2.05, 4.69) is 57.8 Å². The number of rotatable bonds is 7. The number of hydrogen-bond donors (Lipinski definition) is 3. The van der Waals surface area contributed by atoms with Gasteiger partial charge in [-0.15, -0.1) is 24.0 Å². The number of halogens is 1. The van der Waals surface area contributed by atoms with Gasteiger partial charge in [-0.3, -0.25) is 9.89 Å². The first-order valence-electron chi connectivity index (χ1n) is 10.7. The van der Waals surface area contributed by atoms with Gasteiger partial charge in [0.1, 0.15) is 11.5 Å². The van der Waals surface area contributed by atoms with Crippen LogP contribution in [0.3, 0.4) is 0 Å². The number of nitrogens with zero attached hydrogens (tertiary/aromatic N) is 2. The molecule has 1 saturated heterocycles. The highest BCUT2D eigenvalue weighted by atomic mass is 127. The summed E-state index contributed by atoms with van der Waals surface area (Å²) in [6, 6.07) is 17.0. The molecule has 0 amide bonds. The van der Waals surface area contributed by atoms with Crippen LogP contribution >= 0.6 is 24.0 Å². The van der Waals surface area contributed by atoms with Gasteiger partial charge in [-0.1, -0.05) is 36.4 Å². The van der Waals surface area contributed by atoms with Crippen molar-refractivity contribution in [2.24, 2.45) is 4.99 Å². The van der Waals surface area contributed by atoms with Crippen molar-refractivity contribution in [1.82, 2.24) is 15.5 Å². The first-order chi connectivity index (χ1) is 14.6. The van der Waals surface area contributed by atoms with Crippen LogP contribution < -0.4 is 15.4 Å². The monoisotopic (exact) mass is 538 g/mol. The Labute approximate surface area is 203 Å².